The molecule has 1 aromatic heterocycles. The minimum atomic E-state index is 0. The molecule has 0 aliphatic rings. The smallest absolute Gasteiger partial charge is 0.131 e. The first kappa shape index (κ1) is 10.4. The van der Waals surface area contributed by atoms with Crippen LogP contribution in [-0.4, -0.2) is 9.55 Å². The molecule has 1 aromatic rings. The van der Waals surface area contributed by atoms with Crippen molar-refractivity contribution in [1.29, 1.82) is 0 Å². The van der Waals surface area contributed by atoms with Crippen molar-refractivity contribution in [2.75, 3.05) is 0 Å². The van der Waals surface area contributed by atoms with Crippen molar-refractivity contribution in [2.45, 2.75) is 19.9 Å². The van der Waals surface area contributed by atoms with Gasteiger partial charge in [0, 0.05) is 18.9 Å². The maximum atomic E-state index is 4.10. The maximum Gasteiger partial charge on any atom is 0.131 e. The van der Waals surface area contributed by atoms with E-state index in [1.807, 2.05) is 6.20 Å². The summed E-state index contributed by atoms with van der Waals surface area (Å²) >= 11 is 0. The monoisotopic (exact) mass is 216 g/mol. The predicted molar refractivity (Wildman–Crippen MR) is 52.9 cm³/mol. The second-order valence-corrected chi connectivity index (χ2v) is 2.18. The molecule has 0 saturated carbocycles. The summed E-state index contributed by atoms with van der Waals surface area (Å²) in [5.74, 6) is 0.960. The first-order valence-corrected chi connectivity index (χ1v) is 3.52. The first-order valence-electron chi connectivity index (χ1n) is 3.52. The summed E-state index contributed by atoms with van der Waals surface area (Å²) in [5, 5.41) is 0. The molecule has 0 amide bonds. The molecule has 3 heteroatoms. The molecule has 0 saturated heterocycles. The van der Waals surface area contributed by atoms with E-state index in [9.17, 15) is 0 Å². The third-order valence-corrected chi connectivity index (χ3v) is 1.39. The number of rotatable bonds is 3. The van der Waals surface area contributed by atoms with Crippen LogP contribution in [0.4, 0.5) is 0 Å². The predicted octanol–water partition coefficient (Wildman–Crippen LogP) is 2.51. The van der Waals surface area contributed by atoms with Crippen LogP contribution >= 0.6 is 17.0 Å². The van der Waals surface area contributed by atoms with Crippen molar-refractivity contribution in [3.05, 3.63) is 24.8 Å². The summed E-state index contributed by atoms with van der Waals surface area (Å²) in [4.78, 5) is 4.10. The third kappa shape index (κ3) is 2.50. The van der Waals surface area contributed by atoms with Gasteiger partial charge in [0.05, 0.1) is 0 Å². The zero-order chi connectivity index (χ0) is 7.40. The molecule has 0 aromatic carbocycles. The minimum absolute atomic E-state index is 0. The Morgan fingerprint density at radius 3 is 3.00 bits per heavy atom. The van der Waals surface area contributed by atoms with Gasteiger partial charge in [0.25, 0.3) is 0 Å². The number of hydrogen-bond acceptors (Lipinski definition) is 1. The number of nitrogens with zero attached hydrogens (tertiary/aromatic N) is 2. The fourth-order valence-corrected chi connectivity index (χ4v) is 0.941. The Hall–Kier alpha value is -0.570. The van der Waals surface area contributed by atoms with Crippen molar-refractivity contribution < 1.29 is 0 Å². The standard InChI is InChI=1S/C8H12N2.BrH/c1-3-6-10-7-5-9-8(10)4-2;/h4-5,7H,2-3,6H2,1H3;1H. The fraction of sp³-hybridized carbons (Fsp3) is 0.375. The highest BCUT2D eigenvalue weighted by Crippen LogP contribution is 1.99. The molecule has 0 aliphatic carbocycles. The van der Waals surface area contributed by atoms with Crippen molar-refractivity contribution in [2.24, 2.45) is 0 Å². The molecular weight excluding hydrogens is 204 g/mol. The van der Waals surface area contributed by atoms with Gasteiger partial charge >= 0.3 is 0 Å². The minimum Gasteiger partial charge on any atom is -0.332 e. The Morgan fingerprint density at radius 2 is 2.45 bits per heavy atom. The molecule has 0 N–H and O–H groups in total. The van der Waals surface area contributed by atoms with Gasteiger partial charge in [-0.05, 0) is 12.5 Å². The van der Waals surface area contributed by atoms with Gasteiger partial charge in [0.2, 0.25) is 0 Å². The quantitative estimate of drug-likeness (QED) is 0.760. The Bertz CT molecular complexity index is 218. The average molecular weight is 217 g/mol. The van der Waals surface area contributed by atoms with E-state index in [0.717, 1.165) is 18.8 Å². The van der Waals surface area contributed by atoms with Gasteiger partial charge in [0.15, 0.2) is 0 Å². The maximum absolute atomic E-state index is 4.10. The van der Waals surface area contributed by atoms with Crippen LogP contribution in [0.1, 0.15) is 19.2 Å². The lowest BCUT2D eigenvalue weighted by Gasteiger charge is -1.99. The highest BCUT2D eigenvalue weighted by Gasteiger charge is 1.93. The van der Waals surface area contributed by atoms with E-state index >= 15 is 0 Å². The van der Waals surface area contributed by atoms with Crippen LogP contribution in [0, 0.1) is 0 Å². The van der Waals surface area contributed by atoms with Crippen LogP contribution in [-0.2, 0) is 6.54 Å². The lowest BCUT2D eigenvalue weighted by Crippen LogP contribution is -1.96. The molecular formula is C8H13BrN2. The SMILES string of the molecule is Br.C=Cc1nccn1CCC. The highest BCUT2D eigenvalue weighted by atomic mass is 79.9. The largest absolute Gasteiger partial charge is 0.332 e. The van der Waals surface area contributed by atoms with Crippen molar-refractivity contribution >= 4 is 23.1 Å². The van der Waals surface area contributed by atoms with E-state index in [0.29, 0.717) is 0 Å². The zero-order valence-corrected chi connectivity index (χ0v) is 8.37. The second-order valence-electron chi connectivity index (χ2n) is 2.18. The fourth-order valence-electron chi connectivity index (χ4n) is 0.941. The highest BCUT2D eigenvalue weighted by molar-refractivity contribution is 8.93. The van der Waals surface area contributed by atoms with Gasteiger partial charge in [0.1, 0.15) is 5.82 Å². The van der Waals surface area contributed by atoms with Crippen LogP contribution in [0.15, 0.2) is 19.0 Å². The number of hydrogen-bond donors (Lipinski definition) is 0. The topological polar surface area (TPSA) is 17.8 Å². The van der Waals surface area contributed by atoms with Crippen LogP contribution in [0.2, 0.25) is 0 Å². The summed E-state index contributed by atoms with van der Waals surface area (Å²) in [6.45, 7) is 6.84. The summed E-state index contributed by atoms with van der Waals surface area (Å²) < 4.78 is 2.09. The van der Waals surface area contributed by atoms with Crippen LogP contribution in [0.25, 0.3) is 6.08 Å². The van der Waals surface area contributed by atoms with E-state index in [-0.39, 0.29) is 17.0 Å². The lowest BCUT2D eigenvalue weighted by atomic mass is 10.4. The molecule has 0 radical (unpaired) electrons. The van der Waals surface area contributed by atoms with E-state index in [4.69, 9.17) is 0 Å². The van der Waals surface area contributed by atoms with Crippen molar-refractivity contribution in [1.82, 2.24) is 9.55 Å². The van der Waals surface area contributed by atoms with Gasteiger partial charge in [-0.15, -0.1) is 17.0 Å². The molecule has 0 unspecified atom stereocenters. The molecule has 0 spiro atoms. The lowest BCUT2D eigenvalue weighted by molar-refractivity contribution is 0.672. The number of aryl methyl sites for hydroxylation is 1. The molecule has 0 atom stereocenters. The summed E-state index contributed by atoms with van der Waals surface area (Å²) in [5.41, 5.74) is 0. The molecule has 11 heavy (non-hydrogen) atoms. The second kappa shape index (κ2) is 5.13. The van der Waals surface area contributed by atoms with Crippen LogP contribution in [0.3, 0.4) is 0 Å². The Morgan fingerprint density at radius 1 is 1.73 bits per heavy atom. The van der Waals surface area contributed by atoms with Gasteiger partial charge in [-0.25, -0.2) is 4.98 Å². The van der Waals surface area contributed by atoms with Gasteiger partial charge in [-0.3, -0.25) is 0 Å². The molecule has 0 fully saturated rings. The van der Waals surface area contributed by atoms with Crippen LogP contribution < -0.4 is 0 Å². The van der Waals surface area contributed by atoms with Crippen molar-refractivity contribution in [3.8, 4) is 0 Å². The molecule has 62 valence electrons. The summed E-state index contributed by atoms with van der Waals surface area (Å²) in [6.07, 6.45) is 6.68. The number of aromatic nitrogens is 2. The summed E-state index contributed by atoms with van der Waals surface area (Å²) in [6, 6.07) is 0. The Labute approximate surface area is 77.7 Å². The zero-order valence-electron chi connectivity index (χ0n) is 6.66. The van der Waals surface area contributed by atoms with Gasteiger partial charge in [-0.2, -0.15) is 0 Å². The van der Waals surface area contributed by atoms with Gasteiger partial charge in [-0.1, -0.05) is 13.5 Å². The number of halogens is 1. The normalized spacial score (nSPS) is 8.82. The third-order valence-electron chi connectivity index (χ3n) is 1.39. The molecule has 0 aliphatic heterocycles. The first-order chi connectivity index (χ1) is 4.88. The van der Waals surface area contributed by atoms with Crippen molar-refractivity contribution in [3.63, 3.8) is 0 Å². The molecule has 1 rings (SSSR count). The van der Waals surface area contributed by atoms with E-state index in [2.05, 4.69) is 23.1 Å². The summed E-state index contributed by atoms with van der Waals surface area (Å²) in [7, 11) is 0. The van der Waals surface area contributed by atoms with E-state index in [1.54, 1.807) is 12.3 Å². The van der Waals surface area contributed by atoms with E-state index < -0.39 is 0 Å². The molecule has 1 heterocycles. The Balaban J connectivity index is 0.000001000. The van der Waals surface area contributed by atoms with Crippen LogP contribution in [0.5, 0.6) is 0 Å². The molecule has 0 bridgehead atoms. The van der Waals surface area contributed by atoms with Gasteiger partial charge < -0.3 is 4.57 Å². The average Bonchev–Trinajstić information content (AvgIpc) is 2.36. The molecule has 2 nitrogen and oxygen atoms in total. The Kier molecular flexibility index (Phi) is 4.86. The number of imidazole rings is 1. The van der Waals surface area contributed by atoms with E-state index in [1.165, 1.54) is 0 Å².